The van der Waals surface area contributed by atoms with E-state index in [1.165, 1.54) is 0 Å². The second-order valence-electron chi connectivity index (χ2n) is 13.1. The molecule has 1 unspecified atom stereocenters. The van der Waals surface area contributed by atoms with E-state index in [-0.39, 0.29) is 11.7 Å². The van der Waals surface area contributed by atoms with Crippen LogP contribution in [0.1, 0.15) is 72.4 Å². The Morgan fingerprint density at radius 1 is 0.814 bits per heavy atom. The topological polar surface area (TPSA) is 137 Å². The zero-order chi connectivity index (χ0) is 32.2. The summed E-state index contributed by atoms with van der Waals surface area (Å²) < 4.78 is 28.7. The molecule has 4 atom stereocenters. The predicted molar refractivity (Wildman–Crippen MR) is 173 cm³/mol. The maximum atomic E-state index is 13.7. The molecule has 0 aliphatic heterocycles. The highest BCUT2D eigenvalue weighted by Crippen LogP contribution is 2.17. The lowest BCUT2D eigenvalue weighted by molar-refractivity contribution is -0.125. The molecule has 2 rings (SSSR count). The molecule has 0 saturated carbocycles. The molecule has 10 heteroatoms. The molecule has 9 nitrogen and oxygen atoms in total. The summed E-state index contributed by atoms with van der Waals surface area (Å²) in [6.45, 7) is 13.3. The number of sulfonamides is 1. The Labute approximate surface area is 258 Å². The standard InChI is InChI=1S/C33H52N4O5S/c1-23(2)18-19-27(35-32(40)36-33(5,6)7)30(38)28(22-26-16-12-9-13-17-26)34-31(39)29(24(3)4)37-43(41,42)21-20-25-14-10-8-11-15-25/h8-17,23-24,27-30,37-38H,18-22H2,1-7H3,(H,34,39)(H2,35,36,40)/t27?,28-,29-,30-/m0/s1. The monoisotopic (exact) mass is 616 g/mol. The van der Waals surface area contributed by atoms with Gasteiger partial charge < -0.3 is 21.1 Å². The van der Waals surface area contributed by atoms with Gasteiger partial charge in [-0.25, -0.2) is 17.9 Å². The largest absolute Gasteiger partial charge is 0.389 e. The van der Waals surface area contributed by atoms with Crippen molar-refractivity contribution in [2.75, 3.05) is 5.75 Å². The normalized spacial score (nSPS) is 15.0. The number of hydrogen-bond donors (Lipinski definition) is 5. The Hall–Kier alpha value is -2.95. The third kappa shape index (κ3) is 13.9. The Kier molecular flexibility index (Phi) is 14.1. The zero-order valence-electron chi connectivity index (χ0n) is 26.8. The van der Waals surface area contributed by atoms with Gasteiger partial charge in [-0.2, -0.15) is 0 Å². The summed E-state index contributed by atoms with van der Waals surface area (Å²) in [4.78, 5) is 26.5. The van der Waals surface area contributed by atoms with Crippen LogP contribution in [0.25, 0.3) is 0 Å². The maximum Gasteiger partial charge on any atom is 0.315 e. The molecule has 3 amide bonds. The molecular weight excluding hydrogens is 564 g/mol. The quantitative estimate of drug-likeness (QED) is 0.193. The average molecular weight is 617 g/mol. The van der Waals surface area contributed by atoms with Crippen molar-refractivity contribution < 1.29 is 23.1 Å². The first-order valence-electron chi connectivity index (χ1n) is 15.2. The molecule has 5 N–H and O–H groups in total. The number of benzene rings is 2. The van der Waals surface area contributed by atoms with Crippen LogP contribution in [0.4, 0.5) is 4.79 Å². The molecule has 0 aromatic heterocycles. The van der Waals surface area contributed by atoms with Gasteiger partial charge in [0.1, 0.15) is 6.04 Å². The lowest BCUT2D eigenvalue weighted by Gasteiger charge is -2.34. The average Bonchev–Trinajstić information content (AvgIpc) is 2.92. The molecule has 0 aliphatic rings. The van der Waals surface area contributed by atoms with Crippen LogP contribution >= 0.6 is 0 Å². The molecule has 0 radical (unpaired) electrons. The van der Waals surface area contributed by atoms with Crippen molar-refractivity contribution in [3.63, 3.8) is 0 Å². The fourth-order valence-electron chi connectivity index (χ4n) is 4.71. The Bertz CT molecular complexity index is 1230. The number of amides is 3. The van der Waals surface area contributed by atoms with Crippen LogP contribution in [0.5, 0.6) is 0 Å². The number of carbonyl (C=O) groups excluding carboxylic acids is 2. The van der Waals surface area contributed by atoms with Crippen LogP contribution in [0.15, 0.2) is 60.7 Å². The van der Waals surface area contributed by atoms with E-state index in [9.17, 15) is 23.1 Å². The fraction of sp³-hybridized carbons (Fsp3) is 0.576. The molecule has 0 spiro atoms. The summed E-state index contributed by atoms with van der Waals surface area (Å²) in [5, 5.41) is 20.5. The molecule has 2 aromatic rings. The van der Waals surface area contributed by atoms with Crippen LogP contribution in [0, 0.1) is 11.8 Å². The van der Waals surface area contributed by atoms with Crippen molar-refractivity contribution in [1.82, 2.24) is 20.7 Å². The summed E-state index contributed by atoms with van der Waals surface area (Å²) in [5.74, 6) is -0.707. The van der Waals surface area contributed by atoms with Crippen molar-refractivity contribution in [1.29, 1.82) is 0 Å². The van der Waals surface area contributed by atoms with Gasteiger partial charge in [-0.05, 0) is 69.4 Å². The molecular formula is C33H52N4O5S. The second-order valence-corrected chi connectivity index (χ2v) is 15.0. The molecule has 0 bridgehead atoms. The lowest BCUT2D eigenvalue weighted by Crippen LogP contribution is -2.60. The van der Waals surface area contributed by atoms with Crippen LogP contribution in [0.3, 0.4) is 0 Å². The fourth-order valence-corrected chi connectivity index (χ4v) is 6.09. The Morgan fingerprint density at radius 3 is 1.88 bits per heavy atom. The summed E-state index contributed by atoms with van der Waals surface area (Å²) >= 11 is 0. The number of aliphatic hydroxyl groups is 1. The minimum atomic E-state index is -3.79. The molecule has 43 heavy (non-hydrogen) atoms. The van der Waals surface area contributed by atoms with Gasteiger partial charge in [-0.15, -0.1) is 0 Å². The summed E-state index contributed by atoms with van der Waals surface area (Å²) in [5.41, 5.74) is 1.30. The smallest absolute Gasteiger partial charge is 0.315 e. The van der Waals surface area contributed by atoms with Crippen LogP contribution in [-0.4, -0.2) is 61.0 Å². The van der Waals surface area contributed by atoms with Gasteiger partial charge in [0.25, 0.3) is 0 Å². The van der Waals surface area contributed by atoms with Crippen molar-refractivity contribution in [3.05, 3.63) is 71.8 Å². The highest BCUT2D eigenvalue weighted by atomic mass is 32.2. The van der Waals surface area contributed by atoms with Crippen molar-refractivity contribution in [3.8, 4) is 0 Å². The van der Waals surface area contributed by atoms with Gasteiger partial charge in [-0.3, -0.25) is 4.79 Å². The summed E-state index contributed by atoms with van der Waals surface area (Å²) in [6.07, 6.45) is 0.713. The highest BCUT2D eigenvalue weighted by molar-refractivity contribution is 7.89. The van der Waals surface area contributed by atoms with Gasteiger partial charge in [0.2, 0.25) is 15.9 Å². The van der Waals surface area contributed by atoms with E-state index in [1.54, 1.807) is 13.8 Å². The minimum absolute atomic E-state index is 0.159. The zero-order valence-corrected chi connectivity index (χ0v) is 27.6. The predicted octanol–water partition coefficient (Wildman–Crippen LogP) is 4.16. The Balaban J connectivity index is 2.29. The van der Waals surface area contributed by atoms with Gasteiger partial charge in [0, 0.05) is 5.54 Å². The number of aliphatic hydroxyl groups excluding tert-OH is 1. The van der Waals surface area contributed by atoms with E-state index in [4.69, 9.17) is 0 Å². The van der Waals surface area contributed by atoms with E-state index in [2.05, 4.69) is 34.5 Å². The highest BCUT2D eigenvalue weighted by Gasteiger charge is 2.34. The van der Waals surface area contributed by atoms with Gasteiger partial charge in [-0.1, -0.05) is 88.4 Å². The molecule has 2 aromatic carbocycles. The number of nitrogens with one attached hydrogen (secondary N) is 4. The Morgan fingerprint density at radius 2 is 1.37 bits per heavy atom. The van der Waals surface area contributed by atoms with Crippen molar-refractivity contribution >= 4 is 22.0 Å². The third-order valence-corrected chi connectivity index (χ3v) is 8.42. The first-order chi connectivity index (χ1) is 20.1. The molecule has 0 saturated heterocycles. The van der Waals surface area contributed by atoms with E-state index in [0.29, 0.717) is 25.2 Å². The van der Waals surface area contributed by atoms with Crippen LogP contribution < -0.4 is 20.7 Å². The first-order valence-corrected chi connectivity index (χ1v) is 16.9. The molecule has 0 fully saturated rings. The number of carbonyl (C=O) groups is 2. The second kappa shape index (κ2) is 16.8. The number of urea groups is 1. The SMILES string of the molecule is CC(C)CCC(NC(=O)NC(C)(C)C)[C@H](O)[C@H](Cc1ccccc1)NC(=O)[C@@H](NS(=O)(=O)CCc1ccccc1)C(C)C. The molecule has 0 heterocycles. The van der Waals surface area contributed by atoms with E-state index < -0.39 is 51.7 Å². The van der Waals surface area contributed by atoms with Crippen LogP contribution in [-0.2, 0) is 27.7 Å². The number of aryl methyl sites for hydroxylation is 1. The molecule has 0 aliphatic carbocycles. The summed E-state index contributed by atoms with van der Waals surface area (Å²) in [6, 6.07) is 15.9. The third-order valence-electron chi connectivity index (χ3n) is 7.07. The molecule has 240 valence electrons. The van der Waals surface area contributed by atoms with E-state index in [0.717, 1.165) is 17.5 Å². The lowest BCUT2D eigenvalue weighted by atomic mass is 9.91. The van der Waals surface area contributed by atoms with Crippen molar-refractivity contribution in [2.45, 2.75) is 104 Å². The van der Waals surface area contributed by atoms with Crippen LogP contribution in [0.2, 0.25) is 0 Å². The van der Waals surface area contributed by atoms with Crippen molar-refractivity contribution in [2.24, 2.45) is 11.8 Å². The minimum Gasteiger partial charge on any atom is -0.389 e. The number of rotatable bonds is 16. The first kappa shape index (κ1) is 36.2. The van der Waals surface area contributed by atoms with Gasteiger partial charge in [0.05, 0.1) is 23.9 Å². The van der Waals surface area contributed by atoms with Gasteiger partial charge >= 0.3 is 6.03 Å². The number of hydrogen-bond acceptors (Lipinski definition) is 5. The van der Waals surface area contributed by atoms with E-state index in [1.807, 2.05) is 81.4 Å². The van der Waals surface area contributed by atoms with Gasteiger partial charge in [0.15, 0.2) is 0 Å². The summed E-state index contributed by atoms with van der Waals surface area (Å²) in [7, 11) is -3.79. The maximum absolute atomic E-state index is 13.7. The van der Waals surface area contributed by atoms with E-state index >= 15 is 0 Å².